The van der Waals surface area contributed by atoms with Gasteiger partial charge in [0.15, 0.2) is 0 Å². The maximum atomic E-state index is 3.24. The van der Waals surface area contributed by atoms with Crippen molar-refractivity contribution < 1.29 is 0 Å². The Labute approximate surface area is 78.2 Å². The molecule has 13 heavy (non-hydrogen) atoms. The highest BCUT2D eigenvalue weighted by atomic mass is 15.8. The fourth-order valence-corrected chi connectivity index (χ4v) is 1.31. The largest absolute Gasteiger partial charge is 0.299 e. The summed E-state index contributed by atoms with van der Waals surface area (Å²) in [6.07, 6.45) is 2.06. The van der Waals surface area contributed by atoms with Gasteiger partial charge in [-0.25, -0.2) is 0 Å². The predicted molar refractivity (Wildman–Crippen MR) is 53.1 cm³/mol. The van der Waals surface area contributed by atoms with Crippen LogP contribution in [-0.4, -0.2) is 24.2 Å². The van der Waals surface area contributed by atoms with Gasteiger partial charge in [-0.1, -0.05) is 30.3 Å². The topological polar surface area (TPSA) is 18.5 Å². The highest BCUT2D eigenvalue weighted by Crippen LogP contribution is 2.16. The molecule has 1 aromatic rings. The lowest BCUT2D eigenvalue weighted by molar-refractivity contribution is 0.0670. The number of hydrazine groups is 2. The second-order valence-corrected chi connectivity index (χ2v) is 3.12. The molecule has 1 heterocycles. The van der Waals surface area contributed by atoms with E-state index >= 15 is 0 Å². The molecule has 1 aliphatic heterocycles. The second-order valence-electron chi connectivity index (χ2n) is 3.12. The molecule has 1 aromatic carbocycles. The fraction of sp³-hybridized carbons (Fsp3) is 0.200. The van der Waals surface area contributed by atoms with E-state index in [2.05, 4.69) is 23.8 Å². The molecule has 1 N–H and O–H groups in total. The van der Waals surface area contributed by atoms with Crippen LogP contribution in [0.3, 0.4) is 0 Å². The molecular weight excluding hydrogens is 162 g/mol. The van der Waals surface area contributed by atoms with E-state index in [9.17, 15) is 0 Å². The minimum atomic E-state index is 1.13. The molecule has 3 heteroatoms. The maximum Gasteiger partial charge on any atom is 0.0754 e. The molecule has 0 radical (unpaired) electrons. The van der Waals surface area contributed by atoms with E-state index in [1.807, 2.05) is 42.4 Å². The van der Waals surface area contributed by atoms with Crippen LogP contribution in [-0.2, 0) is 0 Å². The Morgan fingerprint density at radius 3 is 2.31 bits per heavy atom. The number of nitrogens with zero attached hydrogens (tertiary/aromatic N) is 2. The summed E-state index contributed by atoms with van der Waals surface area (Å²) in [5.74, 6) is 0. The molecule has 0 aliphatic carbocycles. The van der Waals surface area contributed by atoms with Gasteiger partial charge >= 0.3 is 0 Å². The van der Waals surface area contributed by atoms with E-state index in [0.29, 0.717) is 0 Å². The van der Waals surface area contributed by atoms with Gasteiger partial charge in [0, 0.05) is 25.9 Å². The van der Waals surface area contributed by atoms with Crippen LogP contribution < -0.4 is 5.43 Å². The SMILES string of the molecule is CN1C=C(c2ccccc2)NN1C. The lowest BCUT2D eigenvalue weighted by Gasteiger charge is -2.19. The van der Waals surface area contributed by atoms with Gasteiger partial charge in [-0.3, -0.25) is 10.4 Å². The van der Waals surface area contributed by atoms with Crippen LogP contribution in [0.5, 0.6) is 0 Å². The van der Waals surface area contributed by atoms with Gasteiger partial charge in [-0.15, -0.1) is 5.12 Å². The third-order valence-corrected chi connectivity index (χ3v) is 2.16. The molecule has 0 amide bonds. The number of hydrogen-bond acceptors (Lipinski definition) is 3. The lowest BCUT2D eigenvalue weighted by atomic mass is 10.2. The van der Waals surface area contributed by atoms with E-state index in [1.54, 1.807) is 0 Å². The monoisotopic (exact) mass is 175 g/mol. The summed E-state index contributed by atoms with van der Waals surface area (Å²) in [6.45, 7) is 0. The lowest BCUT2D eigenvalue weighted by Crippen LogP contribution is -2.35. The van der Waals surface area contributed by atoms with Crippen LogP contribution >= 0.6 is 0 Å². The minimum absolute atomic E-state index is 1.13. The summed E-state index contributed by atoms with van der Waals surface area (Å²) < 4.78 is 0. The van der Waals surface area contributed by atoms with E-state index in [0.717, 1.165) is 5.70 Å². The zero-order valence-corrected chi connectivity index (χ0v) is 7.86. The van der Waals surface area contributed by atoms with Gasteiger partial charge in [0.2, 0.25) is 0 Å². The van der Waals surface area contributed by atoms with Crippen LogP contribution in [0, 0.1) is 0 Å². The molecule has 2 rings (SSSR count). The van der Waals surface area contributed by atoms with Crippen molar-refractivity contribution in [2.45, 2.75) is 0 Å². The Morgan fingerprint density at radius 1 is 1.08 bits per heavy atom. The number of benzene rings is 1. The summed E-state index contributed by atoms with van der Waals surface area (Å²) in [6, 6.07) is 10.3. The molecule has 0 spiro atoms. The van der Waals surface area contributed by atoms with E-state index in [1.165, 1.54) is 5.56 Å². The Kier molecular flexibility index (Phi) is 1.94. The van der Waals surface area contributed by atoms with Crippen molar-refractivity contribution in [1.82, 2.24) is 15.6 Å². The molecule has 0 atom stereocenters. The normalized spacial score (nSPS) is 17.1. The number of nitrogens with one attached hydrogen (secondary N) is 1. The standard InChI is InChI=1S/C10H13N3/c1-12-8-10(11-13(12)2)9-6-4-3-5-7-9/h3-8,11H,1-2H3. The molecule has 0 fully saturated rings. The maximum absolute atomic E-state index is 3.24. The molecule has 3 nitrogen and oxygen atoms in total. The second kappa shape index (κ2) is 3.11. The molecule has 68 valence electrons. The van der Waals surface area contributed by atoms with Crippen LogP contribution in [0.15, 0.2) is 36.5 Å². The van der Waals surface area contributed by atoms with Crippen molar-refractivity contribution in [2.24, 2.45) is 0 Å². The number of hydrogen-bond donors (Lipinski definition) is 1. The van der Waals surface area contributed by atoms with Gasteiger partial charge in [-0.05, 0) is 0 Å². The first-order chi connectivity index (χ1) is 6.27. The summed E-state index contributed by atoms with van der Waals surface area (Å²) in [4.78, 5) is 0. The Morgan fingerprint density at radius 2 is 1.77 bits per heavy atom. The summed E-state index contributed by atoms with van der Waals surface area (Å²) in [5.41, 5.74) is 5.58. The van der Waals surface area contributed by atoms with Gasteiger partial charge in [0.25, 0.3) is 0 Å². The molecule has 1 aliphatic rings. The van der Waals surface area contributed by atoms with Gasteiger partial charge in [0.1, 0.15) is 0 Å². The average Bonchev–Trinajstić information content (AvgIpc) is 2.49. The molecule has 0 unspecified atom stereocenters. The summed E-state index contributed by atoms with van der Waals surface area (Å²) in [5, 5.41) is 3.94. The molecule has 0 aromatic heterocycles. The highest BCUT2D eigenvalue weighted by Gasteiger charge is 2.13. The van der Waals surface area contributed by atoms with Gasteiger partial charge < -0.3 is 0 Å². The Balaban J connectivity index is 2.25. The van der Waals surface area contributed by atoms with Crippen molar-refractivity contribution in [2.75, 3.05) is 14.1 Å². The zero-order valence-electron chi connectivity index (χ0n) is 7.86. The number of rotatable bonds is 1. The van der Waals surface area contributed by atoms with Crippen molar-refractivity contribution in [3.05, 3.63) is 42.1 Å². The van der Waals surface area contributed by atoms with Crippen LogP contribution in [0.2, 0.25) is 0 Å². The first-order valence-electron chi connectivity index (χ1n) is 4.28. The third kappa shape index (κ3) is 1.51. The molecule has 0 saturated carbocycles. The first kappa shape index (κ1) is 8.13. The average molecular weight is 175 g/mol. The van der Waals surface area contributed by atoms with Gasteiger partial charge in [0.05, 0.1) is 5.70 Å². The fourth-order valence-electron chi connectivity index (χ4n) is 1.31. The smallest absolute Gasteiger partial charge is 0.0754 e. The zero-order chi connectivity index (χ0) is 9.26. The van der Waals surface area contributed by atoms with Gasteiger partial charge in [-0.2, -0.15) is 0 Å². The molecule has 0 bridgehead atoms. The van der Waals surface area contributed by atoms with E-state index in [-0.39, 0.29) is 0 Å². The third-order valence-electron chi connectivity index (χ3n) is 2.16. The van der Waals surface area contributed by atoms with Crippen LogP contribution in [0.25, 0.3) is 5.70 Å². The highest BCUT2D eigenvalue weighted by molar-refractivity contribution is 5.64. The Bertz CT molecular complexity index is 318. The quantitative estimate of drug-likeness (QED) is 0.693. The van der Waals surface area contributed by atoms with Crippen LogP contribution in [0.1, 0.15) is 5.56 Å². The minimum Gasteiger partial charge on any atom is -0.299 e. The summed E-state index contributed by atoms with van der Waals surface area (Å²) in [7, 11) is 3.98. The summed E-state index contributed by atoms with van der Waals surface area (Å²) >= 11 is 0. The van der Waals surface area contributed by atoms with Crippen LogP contribution in [0.4, 0.5) is 0 Å². The Hall–Kier alpha value is -1.48. The van der Waals surface area contributed by atoms with Crippen molar-refractivity contribution in [1.29, 1.82) is 0 Å². The molecule has 0 saturated heterocycles. The molecular formula is C10H13N3. The van der Waals surface area contributed by atoms with Crippen molar-refractivity contribution >= 4 is 5.70 Å². The van der Waals surface area contributed by atoms with E-state index in [4.69, 9.17) is 0 Å². The predicted octanol–water partition coefficient (Wildman–Crippen LogP) is 1.28. The van der Waals surface area contributed by atoms with Crippen molar-refractivity contribution in [3.8, 4) is 0 Å². The van der Waals surface area contributed by atoms with E-state index < -0.39 is 0 Å². The first-order valence-corrected chi connectivity index (χ1v) is 4.28. The van der Waals surface area contributed by atoms with Crippen molar-refractivity contribution in [3.63, 3.8) is 0 Å².